The van der Waals surface area contributed by atoms with Crippen LogP contribution in [0.15, 0.2) is 47.8 Å². The zero-order chi connectivity index (χ0) is 14.7. The lowest BCUT2D eigenvalue weighted by molar-refractivity contribution is 0.0691. The molecule has 1 aromatic carbocycles. The Morgan fingerprint density at radius 3 is 2.86 bits per heavy atom. The highest BCUT2D eigenvalue weighted by atomic mass is 32.1. The number of fused-ring (bicyclic) bond motifs is 1. The standard InChI is InChI=1S/C16H14N2O2S/c19-16(20)15-10-14(12-5-1-2-6-13(12)18-15)17-8-7-11-4-3-9-21-11/h1-6,9-10H,7-8H2,(H,17,18)(H,19,20). The highest BCUT2D eigenvalue weighted by molar-refractivity contribution is 7.09. The van der Waals surface area contributed by atoms with Gasteiger partial charge in [0.05, 0.1) is 5.52 Å². The highest BCUT2D eigenvalue weighted by Gasteiger charge is 2.10. The average molecular weight is 298 g/mol. The predicted molar refractivity (Wildman–Crippen MR) is 85.2 cm³/mol. The zero-order valence-corrected chi connectivity index (χ0v) is 12.1. The summed E-state index contributed by atoms with van der Waals surface area (Å²) >= 11 is 1.72. The molecular weight excluding hydrogens is 284 g/mol. The average Bonchev–Trinajstić information content (AvgIpc) is 3.00. The summed E-state index contributed by atoms with van der Waals surface area (Å²) < 4.78 is 0. The monoisotopic (exact) mass is 298 g/mol. The molecule has 0 saturated heterocycles. The molecule has 0 fully saturated rings. The van der Waals surface area contributed by atoms with Gasteiger partial charge in [-0.1, -0.05) is 24.3 Å². The topological polar surface area (TPSA) is 62.2 Å². The van der Waals surface area contributed by atoms with Crippen molar-refractivity contribution in [2.75, 3.05) is 11.9 Å². The van der Waals surface area contributed by atoms with Gasteiger partial charge in [0.1, 0.15) is 0 Å². The molecule has 0 aliphatic heterocycles. The van der Waals surface area contributed by atoms with E-state index in [0.717, 1.165) is 24.0 Å². The van der Waals surface area contributed by atoms with Crippen LogP contribution in [0.3, 0.4) is 0 Å². The van der Waals surface area contributed by atoms with Crippen LogP contribution in [0.1, 0.15) is 15.4 Å². The number of anilines is 1. The summed E-state index contributed by atoms with van der Waals surface area (Å²) in [6.07, 6.45) is 0.913. The lowest BCUT2D eigenvalue weighted by atomic mass is 10.1. The minimum Gasteiger partial charge on any atom is -0.477 e. The van der Waals surface area contributed by atoms with E-state index in [1.54, 1.807) is 17.4 Å². The molecule has 0 amide bonds. The maximum atomic E-state index is 11.2. The molecule has 4 nitrogen and oxygen atoms in total. The van der Waals surface area contributed by atoms with Gasteiger partial charge in [0.2, 0.25) is 0 Å². The van der Waals surface area contributed by atoms with Gasteiger partial charge < -0.3 is 10.4 Å². The van der Waals surface area contributed by atoms with Gasteiger partial charge in [0.25, 0.3) is 0 Å². The van der Waals surface area contributed by atoms with Crippen LogP contribution in [0.5, 0.6) is 0 Å². The summed E-state index contributed by atoms with van der Waals surface area (Å²) in [5, 5.41) is 15.5. The van der Waals surface area contributed by atoms with E-state index in [0.29, 0.717) is 5.52 Å². The number of carbonyl (C=O) groups is 1. The number of pyridine rings is 1. The summed E-state index contributed by atoms with van der Waals surface area (Å²) in [5.74, 6) is -1.01. The first-order valence-corrected chi connectivity index (χ1v) is 7.51. The molecule has 5 heteroatoms. The number of para-hydroxylation sites is 1. The Kier molecular flexibility index (Phi) is 3.83. The molecule has 2 N–H and O–H groups in total. The number of benzene rings is 1. The van der Waals surface area contributed by atoms with Crippen molar-refractivity contribution < 1.29 is 9.90 Å². The van der Waals surface area contributed by atoms with E-state index in [1.807, 2.05) is 30.3 Å². The molecule has 2 aromatic heterocycles. The van der Waals surface area contributed by atoms with Crippen LogP contribution in [0.2, 0.25) is 0 Å². The van der Waals surface area contributed by atoms with E-state index in [2.05, 4.69) is 21.7 Å². The van der Waals surface area contributed by atoms with Crippen molar-refractivity contribution in [1.82, 2.24) is 4.98 Å². The zero-order valence-electron chi connectivity index (χ0n) is 11.2. The summed E-state index contributed by atoms with van der Waals surface area (Å²) in [6, 6.07) is 13.3. The van der Waals surface area contributed by atoms with Gasteiger partial charge in [-0.25, -0.2) is 9.78 Å². The summed E-state index contributed by atoms with van der Waals surface area (Å²) in [6.45, 7) is 0.758. The first-order valence-electron chi connectivity index (χ1n) is 6.63. The molecule has 0 atom stereocenters. The van der Waals surface area contributed by atoms with Crippen molar-refractivity contribution in [3.63, 3.8) is 0 Å². The SMILES string of the molecule is O=C(O)c1cc(NCCc2cccs2)c2ccccc2n1. The Labute approximate surface area is 126 Å². The molecule has 106 valence electrons. The second-order valence-corrected chi connectivity index (χ2v) is 5.67. The quantitative estimate of drug-likeness (QED) is 0.754. The predicted octanol–water partition coefficient (Wildman–Crippen LogP) is 3.65. The first kappa shape index (κ1) is 13.6. The lowest BCUT2D eigenvalue weighted by Gasteiger charge is -2.10. The van der Waals surface area contributed by atoms with Crippen molar-refractivity contribution in [3.8, 4) is 0 Å². The molecule has 0 spiro atoms. The Bertz CT molecular complexity index is 769. The minimum atomic E-state index is -1.01. The van der Waals surface area contributed by atoms with Crippen LogP contribution >= 0.6 is 11.3 Å². The summed E-state index contributed by atoms with van der Waals surface area (Å²) in [4.78, 5) is 16.6. The molecule has 0 bridgehead atoms. The second kappa shape index (κ2) is 5.93. The third-order valence-corrected chi connectivity index (χ3v) is 4.14. The van der Waals surface area contributed by atoms with E-state index < -0.39 is 5.97 Å². The fourth-order valence-electron chi connectivity index (χ4n) is 2.21. The largest absolute Gasteiger partial charge is 0.477 e. The number of aromatic nitrogens is 1. The Balaban J connectivity index is 1.87. The van der Waals surface area contributed by atoms with Crippen LogP contribution < -0.4 is 5.32 Å². The van der Waals surface area contributed by atoms with Crippen LogP contribution in [0, 0.1) is 0 Å². The molecular formula is C16H14N2O2S. The van der Waals surface area contributed by atoms with Crippen molar-refractivity contribution in [2.45, 2.75) is 6.42 Å². The van der Waals surface area contributed by atoms with E-state index in [1.165, 1.54) is 4.88 Å². The molecule has 0 radical (unpaired) electrons. The third kappa shape index (κ3) is 3.03. The van der Waals surface area contributed by atoms with Crippen molar-refractivity contribution in [2.24, 2.45) is 0 Å². The number of hydrogen-bond donors (Lipinski definition) is 2. The molecule has 3 rings (SSSR count). The lowest BCUT2D eigenvalue weighted by Crippen LogP contribution is -2.07. The summed E-state index contributed by atoms with van der Waals surface area (Å²) in [5.41, 5.74) is 1.57. The van der Waals surface area contributed by atoms with Gasteiger partial charge in [-0.05, 0) is 30.0 Å². The van der Waals surface area contributed by atoms with E-state index in [9.17, 15) is 4.79 Å². The van der Waals surface area contributed by atoms with E-state index >= 15 is 0 Å². The Morgan fingerprint density at radius 2 is 2.10 bits per heavy atom. The summed E-state index contributed by atoms with van der Waals surface area (Å²) in [7, 11) is 0. The number of aromatic carboxylic acids is 1. The van der Waals surface area contributed by atoms with Crippen LogP contribution in [0.4, 0.5) is 5.69 Å². The van der Waals surface area contributed by atoms with Gasteiger partial charge in [-0.3, -0.25) is 0 Å². The molecule has 21 heavy (non-hydrogen) atoms. The molecule has 0 aliphatic carbocycles. The molecule has 0 aliphatic rings. The number of hydrogen-bond acceptors (Lipinski definition) is 4. The van der Waals surface area contributed by atoms with Gasteiger partial charge >= 0.3 is 5.97 Å². The second-order valence-electron chi connectivity index (χ2n) is 4.63. The van der Waals surface area contributed by atoms with Crippen molar-refractivity contribution in [1.29, 1.82) is 0 Å². The number of nitrogens with zero attached hydrogens (tertiary/aromatic N) is 1. The van der Waals surface area contributed by atoms with Crippen molar-refractivity contribution in [3.05, 3.63) is 58.4 Å². The van der Waals surface area contributed by atoms with Crippen LogP contribution in [-0.2, 0) is 6.42 Å². The van der Waals surface area contributed by atoms with E-state index in [4.69, 9.17) is 5.11 Å². The van der Waals surface area contributed by atoms with E-state index in [-0.39, 0.29) is 5.69 Å². The normalized spacial score (nSPS) is 10.7. The van der Waals surface area contributed by atoms with Crippen molar-refractivity contribution >= 4 is 33.9 Å². The Hall–Kier alpha value is -2.40. The maximum Gasteiger partial charge on any atom is 0.354 e. The van der Waals surface area contributed by atoms with Crippen LogP contribution in [0.25, 0.3) is 10.9 Å². The number of carboxylic acid groups (broad SMARTS) is 1. The fourth-order valence-corrected chi connectivity index (χ4v) is 2.92. The molecule has 0 saturated carbocycles. The first-order chi connectivity index (χ1) is 10.2. The number of nitrogens with one attached hydrogen (secondary N) is 1. The smallest absolute Gasteiger partial charge is 0.354 e. The minimum absolute atomic E-state index is 0.0623. The Morgan fingerprint density at radius 1 is 1.24 bits per heavy atom. The van der Waals surface area contributed by atoms with Gasteiger partial charge in [0.15, 0.2) is 5.69 Å². The van der Waals surface area contributed by atoms with Crippen LogP contribution in [-0.4, -0.2) is 22.6 Å². The number of rotatable bonds is 5. The molecule has 3 aromatic rings. The third-order valence-electron chi connectivity index (χ3n) is 3.20. The van der Waals surface area contributed by atoms with Gasteiger partial charge in [-0.2, -0.15) is 0 Å². The maximum absolute atomic E-state index is 11.2. The molecule has 0 unspecified atom stereocenters. The molecule has 2 heterocycles. The fraction of sp³-hybridized carbons (Fsp3) is 0.125. The number of carboxylic acids is 1. The highest BCUT2D eigenvalue weighted by Crippen LogP contribution is 2.23. The van der Waals surface area contributed by atoms with Gasteiger partial charge in [0, 0.05) is 22.5 Å². The number of thiophene rings is 1. The van der Waals surface area contributed by atoms with Gasteiger partial charge in [-0.15, -0.1) is 11.3 Å².